The summed E-state index contributed by atoms with van der Waals surface area (Å²) in [5, 5.41) is 14.6. The summed E-state index contributed by atoms with van der Waals surface area (Å²) in [4.78, 5) is 37.1. The van der Waals surface area contributed by atoms with Gasteiger partial charge in [0, 0.05) is 12.1 Å². The molecule has 2 amide bonds. The van der Waals surface area contributed by atoms with Gasteiger partial charge in [-0.2, -0.15) is 0 Å². The molecule has 0 spiro atoms. The van der Waals surface area contributed by atoms with Crippen LogP contribution in [0, 0.1) is 0 Å². The highest BCUT2D eigenvalue weighted by Gasteiger charge is 2.30. The van der Waals surface area contributed by atoms with Gasteiger partial charge >= 0.3 is 12.1 Å². The number of nitrogens with one attached hydrogen (secondary N) is 2. The van der Waals surface area contributed by atoms with Crippen LogP contribution in [0.1, 0.15) is 25.3 Å². The van der Waals surface area contributed by atoms with Crippen LogP contribution in [0.5, 0.6) is 0 Å². The largest absolute Gasteiger partial charge is 0.480 e. The first-order chi connectivity index (χ1) is 12.4. The quantitative estimate of drug-likeness (QED) is 0.677. The van der Waals surface area contributed by atoms with E-state index >= 15 is 0 Å². The van der Waals surface area contributed by atoms with Gasteiger partial charge in [0.05, 0.1) is 12.6 Å². The second kappa shape index (κ2) is 9.19. The summed E-state index contributed by atoms with van der Waals surface area (Å²) < 4.78 is 4.79. The minimum absolute atomic E-state index is 0.164. The van der Waals surface area contributed by atoms with E-state index in [1.54, 1.807) is 31.2 Å². The predicted octanol–water partition coefficient (Wildman–Crippen LogP) is 1.46. The molecule has 0 aromatic heterocycles. The number of likely N-dealkylation sites (N-methyl/N-ethyl adjacent to an activating group) is 1. The van der Waals surface area contributed by atoms with Crippen LogP contribution in [0.4, 0.5) is 10.5 Å². The molecule has 142 valence electrons. The maximum atomic E-state index is 12.3. The number of carboxylic acid groups (broad SMARTS) is 1. The van der Waals surface area contributed by atoms with Crippen molar-refractivity contribution in [3.05, 3.63) is 29.8 Å². The van der Waals surface area contributed by atoms with Crippen LogP contribution >= 0.6 is 0 Å². The first kappa shape index (κ1) is 19.7. The number of anilines is 1. The molecule has 1 saturated heterocycles. The van der Waals surface area contributed by atoms with Crippen molar-refractivity contribution in [1.29, 1.82) is 0 Å². The van der Waals surface area contributed by atoms with Gasteiger partial charge in [0.25, 0.3) is 0 Å². The number of hydrogen-bond acceptors (Lipinski definition) is 5. The Bertz CT molecular complexity index is 647. The van der Waals surface area contributed by atoms with E-state index in [0.717, 1.165) is 24.9 Å². The van der Waals surface area contributed by atoms with Crippen LogP contribution < -0.4 is 10.6 Å². The molecule has 1 fully saturated rings. The molecule has 0 unspecified atom stereocenters. The molecular weight excluding hydrogens is 338 g/mol. The number of nitrogens with zero attached hydrogens (tertiary/aromatic N) is 1. The highest BCUT2D eigenvalue weighted by Crippen LogP contribution is 2.16. The number of aliphatic carboxylic acids is 1. The van der Waals surface area contributed by atoms with Gasteiger partial charge < -0.3 is 15.2 Å². The molecule has 1 heterocycles. The van der Waals surface area contributed by atoms with Crippen molar-refractivity contribution < 1.29 is 24.2 Å². The van der Waals surface area contributed by atoms with E-state index in [2.05, 4.69) is 10.6 Å². The zero-order chi connectivity index (χ0) is 19.1. The Morgan fingerprint density at radius 3 is 2.54 bits per heavy atom. The fourth-order valence-corrected chi connectivity index (χ4v) is 2.95. The van der Waals surface area contributed by atoms with E-state index < -0.39 is 18.1 Å². The molecule has 2 atom stereocenters. The monoisotopic (exact) mass is 363 g/mol. The van der Waals surface area contributed by atoms with Crippen molar-refractivity contribution >= 4 is 23.7 Å². The average Bonchev–Trinajstić information content (AvgIpc) is 3.02. The lowest BCUT2D eigenvalue weighted by atomic mass is 10.0. The Morgan fingerprint density at radius 1 is 1.31 bits per heavy atom. The van der Waals surface area contributed by atoms with Crippen molar-refractivity contribution in [3.8, 4) is 0 Å². The highest BCUT2D eigenvalue weighted by molar-refractivity contribution is 5.87. The molecule has 1 aromatic carbocycles. The number of amides is 2. The normalized spacial score (nSPS) is 18.2. The van der Waals surface area contributed by atoms with Crippen LogP contribution in [0.2, 0.25) is 0 Å². The highest BCUT2D eigenvalue weighted by atomic mass is 16.5. The number of ether oxygens (including phenoxy) is 1. The zero-order valence-electron chi connectivity index (χ0n) is 15.0. The van der Waals surface area contributed by atoms with E-state index in [4.69, 9.17) is 4.74 Å². The molecule has 3 N–H and O–H groups in total. The molecule has 0 aliphatic carbocycles. The van der Waals surface area contributed by atoms with E-state index in [1.165, 1.54) is 0 Å². The fourth-order valence-electron chi connectivity index (χ4n) is 2.95. The van der Waals surface area contributed by atoms with E-state index in [1.807, 2.05) is 11.9 Å². The molecule has 26 heavy (non-hydrogen) atoms. The average molecular weight is 363 g/mol. The van der Waals surface area contributed by atoms with Gasteiger partial charge in [0.1, 0.15) is 6.04 Å². The van der Waals surface area contributed by atoms with Crippen molar-refractivity contribution in [2.45, 2.75) is 38.3 Å². The van der Waals surface area contributed by atoms with Crippen molar-refractivity contribution in [3.63, 3.8) is 0 Å². The molecule has 0 radical (unpaired) electrons. The summed E-state index contributed by atoms with van der Waals surface area (Å²) in [6.07, 6.45) is 1.29. The maximum absolute atomic E-state index is 12.3. The summed E-state index contributed by atoms with van der Waals surface area (Å²) in [5.74, 6) is -1.33. The molecule has 1 aromatic rings. The van der Waals surface area contributed by atoms with Crippen LogP contribution in [-0.4, -0.2) is 60.3 Å². The van der Waals surface area contributed by atoms with Crippen LogP contribution in [0.25, 0.3) is 0 Å². The van der Waals surface area contributed by atoms with Crippen molar-refractivity contribution in [2.24, 2.45) is 0 Å². The summed E-state index contributed by atoms with van der Waals surface area (Å²) in [6.45, 7) is 2.83. The number of likely N-dealkylation sites (tertiary alicyclic amines) is 1. The molecule has 8 nitrogen and oxygen atoms in total. The zero-order valence-corrected chi connectivity index (χ0v) is 15.0. The van der Waals surface area contributed by atoms with E-state index in [9.17, 15) is 19.5 Å². The standard InChI is InChI=1S/C18H25N3O5/c1-3-26-18(25)19-13-8-6-12(7-9-13)11-14(17(23)24)20-16(22)15-5-4-10-21(15)2/h6-9,14-15H,3-5,10-11H2,1-2H3,(H,19,25)(H,20,22)(H,23,24)/t14-,15-/m0/s1. The summed E-state index contributed by atoms with van der Waals surface area (Å²) in [5.41, 5.74) is 1.29. The first-order valence-corrected chi connectivity index (χ1v) is 8.66. The smallest absolute Gasteiger partial charge is 0.411 e. The number of rotatable bonds is 7. The van der Waals surface area contributed by atoms with Crippen molar-refractivity contribution in [2.75, 3.05) is 25.5 Å². The van der Waals surface area contributed by atoms with Gasteiger partial charge in [-0.1, -0.05) is 12.1 Å². The molecule has 0 saturated carbocycles. The second-order valence-electron chi connectivity index (χ2n) is 6.28. The summed E-state index contributed by atoms with van der Waals surface area (Å²) >= 11 is 0. The minimum Gasteiger partial charge on any atom is -0.480 e. The number of carboxylic acids is 1. The third kappa shape index (κ3) is 5.45. The molecule has 2 rings (SSSR count). The first-order valence-electron chi connectivity index (χ1n) is 8.66. The van der Waals surface area contributed by atoms with Crippen LogP contribution in [-0.2, 0) is 20.7 Å². The Morgan fingerprint density at radius 2 is 2.00 bits per heavy atom. The summed E-state index contributed by atoms with van der Waals surface area (Å²) in [6, 6.07) is 5.49. The Balaban J connectivity index is 1.95. The Hall–Kier alpha value is -2.61. The maximum Gasteiger partial charge on any atom is 0.411 e. The fraction of sp³-hybridized carbons (Fsp3) is 0.500. The van der Waals surface area contributed by atoms with E-state index in [-0.39, 0.29) is 25.0 Å². The van der Waals surface area contributed by atoms with Gasteiger partial charge in [0.15, 0.2) is 0 Å². The summed E-state index contributed by atoms with van der Waals surface area (Å²) in [7, 11) is 1.86. The lowest BCUT2D eigenvalue weighted by Gasteiger charge is -2.22. The molecule has 0 bridgehead atoms. The third-order valence-electron chi connectivity index (χ3n) is 4.35. The number of carbonyl (C=O) groups excluding carboxylic acids is 2. The van der Waals surface area contributed by atoms with Crippen LogP contribution in [0.3, 0.4) is 0 Å². The predicted molar refractivity (Wildman–Crippen MR) is 96.0 cm³/mol. The molecule has 1 aliphatic rings. The number of hydrogen-bond donors (Lipinski definition) is 3. The third-order valence-corrected chi connectivity index (χ3v) is 4.35. The lowest BCUT2D eigenvalue weighted by Crippen LogP contribution is -2.49. The van der Waals surface area contributed by atoms with Gasteiger partial charge in [-0.05, 0) is 51.1 Å². The molecule has 8 heteroatoms. The SMILES string of the molecule is CCOC(=O)Nc1ccc(C[C@H](NC(=O)[C@@H]2CCCN2C)C(=O)O)cc1. The topological polar surface area (TPSA) is 108 Å². The second-order valence-corrected chi connectivity index (χ2v) is 6.28. The Kier molecular flexibility index (Phi) is 6.97. The van der Waals surface area contributed by atoms with Gasteiger partial charge in [-0.25, -0.2) is 9.59 Å². The van der Waals surface area contributed by atoms with E-state index in [0.29, 0.717) is 5.69 Å². The number of benzene rings is 1. The van der Waals surface area contributed by atoms with Crippen LogP contribution in [0.15, 0.2) is 24.3 Å². The van der Waals surface area contributed by atoms with Gasteiger partial charge in [0.2, 0.25) is 5.91 Å². The minimum atomic E-state index is -1.08. The van der Waals surface area contributed by atoms with Gasteiger partial charge in [-0.3, -0.25) is 15.0 Å². The molecular formula is C18H25N3O5. The Labute approximate surface area is 152 Å². The lowest BCUT2D eigenvalue weighted by molar-refractivity contribution is -0.142. The van der Waals surface area contributed by atoms with Crippen molar-refractivity contribution in [1.82, 2.24) is 10.2 Å². The number of carbonyl (C=O) groups is 3. The van der Waals surface area contributed by atoms with Gasteiger partial charge in [-0.15, -0.1) is 0 Å². The molecule has 1 aliphatic heterocycles.